The standard InChI is InChI=1S/C28H34N4O5S/c1-34-22-7-6-21(25(14-22)35-2)16-32(15-20-5-8-24-26(13-20)37-19-36-24)17-27-30-23(18-38-27)28(33)29-9-12-31-10-3-4-11-31/h5-8,13-14,18H,3-4,9-12,15-17,19H2,1-2H3,(H,29,33). The molecule has 0 atom stereocenters. The first kappa shape index (κ1) is 26.3. The van der Waals surface area contributed by atoms with Crippen LogP contribution in [0.4, 0.5) is 0 Å². The van der Waals surface area contributed by atoms with Crippen LogP contribution in [0.5, 0.6) is 23.0 Å². The molecule has 0 unspecified atom stereocenters. The summed E-state index contributed by atoms with van der Waals surface area (Å²) in [4.78, 5) is 22.0. The molecule has 0 spiro atoms. The number of aromatic nitrogens is 1. The lowest BCUT2D eigenvalue weighted by molar-refractivity contribution is 0.0945. The molecule has 202 valence electrons. The molecule has 3 aromatic rings. The maximum atomic E-state index is 12.7. The van der Waals surface area contributed by atoms with Crippen molar-refractivity contribution in [3.05, 3.63) is 63.6 Å². The highest BCUT2D eigenvalue weighted by Crippen LogP contribution is 2.33. The first-order valence-corrected chi connectivity index (χ1v) is 13.8. The summed E-state index contributed by atoms with van der Waals surface area (Å²) < 4.78 is 22.1. The van der Waals surface area contributed by atoms with Crippen molar-refractivity contribution in [1.82, 2.24) is 20.1 Å². The molecule has 1 amide bonds. The Balaban J connectivity index is 1.28. The molecule has 5 rings (SSSR count). The third-order valence-corrected chi connectivity index (χ3v) is 7.62. The summed E-state index contributed by atoms with van der Waals surface area (Å²) in [6.07, 6.45) is 2.49. The molecule has 9 nitrogen and oxygen atoms in total. The van der Waals surface area contributed by atoms with Gasteiger partial charge in [0.05, 0.1) is 20.8 Å². The smallest absolute Gasteiger partial charge is 0.270 e. The summed E-state index contributed by atoms with van der Waals surface area (Å²) in [5, 5.41) is 5.74. The molecule has 1 aromatic heterocycles. The lowest BCUT2D eigenvalue weighted by Crippen LogP contribution is -2.33. The molecule has 0 bridgehead atoms. The number of likely N-dealkylation sites (tertiary alicyclic amines) is 1. The third-order valence-electron chi connectivity index (χ3n) is 6.79. The molecule has 0 radical (unpaired) electrons. The van der Waals surface area contributed by atoms with Crippen molar-refractivity contribution in [3.63, 3.8) is 0 Å². The van der Waals surface area contributed by atoms with Crippen LogP contribution in [0.3, 0.4) is 0 Å². The molecular formula is C28H34N4O5S. The number of ether oxygens (including phenoxy) is 4. The van der Waals surface area contributed by atoms with Crippen molar-refractivity contribution in [3.8, 4) is 23.0 Å². The minimum absolute atomic E-state index is 0.120. The number of hydrogen-bond donors (Lipinski definition) is 1. The zero-order valence-corrected chi connectivity index (χ0v) is 22.7. The highest BCUT2D eigenvalue weighted by molar-refractivity contribution is 7.09. The van der Waals surface area contributed by atoms with E-state index in [2.05, 4.69) is 20.1 Å². The molecule has 3 heterocycles. The molecule has 0 aliphatic carbocycles. The summed E-state index contributed by atoms with van der Waals surface area (Å²) in [5.74, 6) is 2.90. The van der Waals surface area contributed by atoms with E-state index < -0.39 is 0 Å². The fraction of sp³-hybridized carbons (Fsp3) is 0.429. The van der Waals surface area contributed by atoms with Crippen LogP contribution >= 0.6 is 11.3 Å². The van der Waals surface area contributed by atoms with E-state index in [4.69, 9.17) is 18.9 Å². The number of carbonyl (C=O) groups is 1. The van der Waals surface area contributed by atoms with Crippen molar-refractivity contribution >= 4 is 17.2 Å². The SMILES string of the molecule is COc1ccc(CN(Cc2ccc3c(c2)OCO3)Cc2nc(C(=O)NCCN3CCCC3)cs2)c(OC)c1. The molecule has 1 fully saturated rings. The van der Waals surface area contributed by atoms with Gasteiger partial charge in [0, 0.05) is 43.2 Å². The summed E-state index contributed by atoms with van der Waals surface area (Å²) in [6, 6.07) is 11.9. The van der Waals surface area contributed by atoms with Gasteiger partial charge < -0.3 is 29.2 Å². The van der Waals surface area contributed by atoms with Crippen LogP contribution in [0.25, 0.3) is 0 Å². The zero-order chi connectivity index (χ0) is 26.3. The number of hydrogen-bond acceptors (Lipinski definition) is 9. The van der Waals surface area contributed by atoms with Crippen molar-refractivity contribution in [2.24, 2.45) is 0 Å². The average molecular weight is 539 g/mol. The van der Waals surface area contributed by atoms with E-state index >= 15 is 0 Å². The Bertz CT molecular complexity index is 1240. The van der Waals surface area contributed by atoms with Gasteiger partial charge in [0.2, 0.25) is 6.79 Å². The summed E-state index contributed by atoms with van der Waals surface area (Å²) >= 11 is 1.50. The number of nitrogens with one attached hydrogen (secondary N) is 1. The van der Waals surface area contributed by atoms with Crippen LogP contribution in [0.1, 0.15) is 39.5 Å². The molecule has 0 saturated carbocycles. The fourth-order valence-electron chi connectivity index (χ4n) is 4.79. The Morgan fingerprint density at radius 3 is 2.71 bits per heavy atom. The van der Waals surface area contributed by atoms with E-state index in [1.807, 2.05) is 41.8 Å². The number of amides is 1. The lowest BCUT2D eigenvalue weighted by atomic mass is 10.1. The van der Waals surface area contributed by atoms with E-state index in [1.54, 1.807) is 14.2 Å². The van der Waals surface area contributed by atoms with Crippen LogP contribution < -0.4 is 24.3 Å². The zero-order valence-electron chi connectivity index (χ0n) is 21.9. The molecule has 2 aliphatic rings. The van der Waals surface area contributed by atoms with Gasteiger partial charge in [0.15, 0.2) is 11.5 Å². The number of nitrogens with zero attached hydrogens (tertiary/aromatic N) is 3. The van der Waals surface area contributed by atoms with Gasteiger partial charge in [-0.05, 0) is 49.7 Å². The minimum Gasteiger partial charge on any atom is -0.497 e. The highest BCUT2D eigenvalue weighted by Gasteiger charge is 2.19. The molecule has 2 aliphatic heterocycles. The van der Waals surface area contributed by atoms with Crippen molar-refractivity contribution in [2.45, 2.75) is 32.5 Å². The first-order valence-electron chi connectivity index (χ1n) is 12.9. The third kappa shape index (κ3) is 6.56. The fourth-order valence-corrected chi connectivity index (χ4v) is 5.61. The normalized spacial score (nSPS) is 14.7. The van der Waals surface area contributed by atoms with Crippen LogP contribution in [0.2, 0.25) is 0 Å². The molecule has 10 heteroatoms. The van der Waals surface area contributed by atoms with Gasteiger partial charge >= 0.3 is 0 Å². The predicted octanol–water partition coefficient (Wildman–Crippen LogP) is 3.92. The summed E-state index contributed by atoms with van der Waals surface area (Å²) in [6.45, 7) is 5.86. The minimum atomic E-state index is -0.120. The predicted molar refractivity (Wildman–Crippen MR) is 145 cm³/mol. The average Bonchev–Trinajstić information content (AvgIpc) is 3.71. The second kappa shape index (κ2) is 12.5. The Kier molecular flexibility index (Phi) is 8.62. The van der Waals surface area contributed by atoms with Crippen molar-refractivity contribution in [2.75, 3.05) is 47.2 Å². The van der Waals surface area contributed by atoms with E-state index in [9.17, 15) is 4.79 Å². The molecule has 1 saturated heterocycles. The topological polar surface area (TPSA) is 85.4 Å². The second-order valence-corrected chi connectivity index (χ2v) is 10.4. The van der Waals surface area contributed by atoms with E-state index in [1.165, 1.54) is 24.2 Å². The van der Waals surface area contributed by atoms with Gasteiger partial charge in [-0.2, -0.15) is 0 Å². The van der Waals surface area contributed by atoms with E-state index in [0.717, 1.165) is 58.8 Å². The number of fused-ring (bicyclic) bond motifs is 1. The largest absolute Gasteiger partial charge is 0.497 e. The highest BCUT2D eigenvalue weighted by atomic mass is 32.1. The van der Waals surface area contributed by atoms with Crippen molar-refractivity contribution < 1.29 is 23.7 Å². The van der Waals surface area contributed by atoms with Crippen LogP contribution in [-0.2, 0) is 19.6 Å². The van der Waals surface area contributed by atoms with Gasteiger partial charge in [0.1, 0.15) is 22.2 Å². The Morgan fingerprint density at radius 2 is 1.89 bits per heavy atom. The van der Waals surface area contributed by atoms with Gasteiger partial charge in [-0.3, -0.25) is 9.69 Å². The molecular weight excluding hydrogens is 504 g/mol. The van der Waals surface area contributed by atoms with Crippen LogP contribution in [-0.4, -0.2) is 67.9 Å². The van der Waals surface area contributed by atoms with Crippen molar-refractivity contribution in [1.29, 1.82) is 0 Å². The first-order chi connectivity index (χ1) is 18.6. The van der Waals surface area contributed by atoms with Gasteiger partial charge in [0.25, 0.3) is 5.91 Å². The van der Waals surface area contributed by atoms with E-state index in [0.29, 0.717) is 31.9 Å². The van der Waals surface area contributed by atoms with Crippen LogP contribution in [0, 0.1) is 0 Å². The summed E-state index contributed by atoms with van der Waals surface area (Å²) in [5.41, 5.74) is 2.60. The monoisotopic (exact) mass is 538 g/mol. The maximum Gasteiger partial charge on any atom is 0.270 e. The van der Waals surface area contributed by atoms with Crippen LogP contribution in [0.15, 0.2) is 41.8 Å². The number of methoxy groups -OCH3 is 2. The summed E-state index contributed by atoms with van der Waals surface area (Å²) in [7, 11) is 3.30. The van der Waals surface area contributed by atoms with Gasteiger partial charge in [-0.1, -0.05) is 12.1 Å². The quantitative estimate of drug-likeness (QED) is 0.372. The Hall–Kier alpha value is -3.34. The Labute approximate surface area is 227 Å². The van der Waals surface area contributed by atoms with Gasteiger partial charge in [-0.25, -0.2) is 4.98 Å². The van der Waals surface area contributed by atoms with E-state index in [-0.39, 0.29) is 12.7 Å². The lowest BCUT2D eigenvalue weighted by Gasteiger charge is -2.23. The number of thiazole rings is 1. The molecule has 38 heavy (non-hydrogen) atoms. The maximum absolute atomic E-state index is 12.7. The number of rotatable bonds is 12. The second-order valence-electron chi connectivity index (χ2n) is 9.44. The molecule has 1 N–H and O–H groups in total. The van der Waals surface area contributed by atoms with Gasteiger partial charge in [-0.15, -0.1) is 11.3 Å². The molecule has 2 aromatic carbocycles. The Morgan fingerprint density at radius 1 is 1.05 bits per heavy atom. The number of benzene rings is 2. The number of carbonyl (C=O) groups excluding carboxylic acids is 1.